The fourth-order valence-electron chi connectivity index (χ4n) is 2.42. The SMILES string of the molecule is C[C@H](NC(=O)c1ccn(C)c(=O)c1)c1ccc2c(c1)NC(=O)CO2. The van der Waals surface area contributed by atoms with Crippen LogP contribution in [0.3, 0.4) is 0 Å². The minimum atomic E-state index is -0.335. The molecule has 0 saturated carbocycles. The summed E-state index contributed by atoms with van der Waals surface area (Å²) in [6.07, 6.45) is 1.55. The maximum atomic E-state index is 12.3. The second-order valence-electron chi connectivity index (χ2n) is 5.65. The van der Waals surface area contributed by atoms with Crippen LogP contribution < -0.4 is 20.9 Å². The maximum Gasteiger partial charge on any atom is 0.262 e. The van der Waals surface area contributed by atoms with Gasteiger partial charge >= 0.3 is 0 Å². The number of aromatic nitrogens is 1. The Morgan fingerprint density at radius 1 is 1.29 bits per heavy atom. The average Bonchev–Trinajstić information content (AvgIpc) is 2.56. The third-order valence-electron chi connectivity index (χ3n) is 3.85. The molecule has 1 aliphatic heterocycles. The van der Waals surface area contributed by atoms with Gasteiger partial charge in [0.15, 0.2) is 6.61 Å². The molecule has 0 unspecified atom stereocenters. The molecule has 1 aromatic heterocycles. The van der Waals surface area contributed by atoms with Crippen molar-refractivity contribution >= 4 is 17.5 Å². The van der Waals surface area contributed by atoms with Crippen molar-refractivity contribution in [3.8, 4) is 5.75 Å². The molecule has 2 heterocycles. The lowest BCUT2D eigenvalue weighted by Crippen LogP contribution is -2.29. The van der Waals surface area contributed by atoms with Gasteiger partial charge in [0, 0.05) is 24.9 Å². The molecule has 7 heteroatoms. The molecular formula is C17H17N3O4. The van der Waals surface area contributed by atoms with Crippen molar-refractivity contribution < 1.29 is 14.3 Å². The molecular weight excluding hydrogens is 310 g/mol. The van der Waals surface area contributed by atoms with Crippen LogP contribution in [0.1, 0.15) is 28.9 Å². The number of carbonyl (C=O) groups is 2. The predicted molar refractivity (Wildman–Crippen MR) is 88.1 cm³/mol. The van der Waals surface area contributed by atoms with E-state index < -0.39 is 0 Å². The van der Waals surface area contributed by atoms with E-state index in [1.807, 2.05) is 13.0 Å². The minimum Gasteiger partial charge on any atom is -0.482 e. The zero-order chi connectivity index (χ0) is 17.3. The molecule has 124 valence electrons. The zero-order valence-corrected chi connectivity index (χ0v) is 13.3. The van der Waals surface area contributed by atoms with E-state index in [9.17, 15) is 14.4 Å². The van der Waals surface area contributed by atoms with E-state index in [1.165, 1.54) is 10.6 Å². The number of ether oxygens (including phenoxy) is 1. The van der Waals surface area contributed by atoms with E-state index in [-0.39, 0.29) is 30.0 Å². The van der Waals surface area contributed by atoms with Crippen LogP contribution in [0.4, 0.5) is 5.69 Å². The summed E-state index contributed by atoms with van der Waals surface area (Å²) < 4.78 is 6.70. The topological polar surface area (TPSA) is 89.4 Å². The number of pyridine rings is 1. The van der Waals surface area contributed by atoms with E-state index in [1.54, 1.807) is 31.4 Å². The molecule has 1 aromatic carbocycles. The van der Waals surface area contributed by atoms with Gasteiger partial charge in [0.2, 0.25) is 0 Å². The van der Waals surface area contributed by atoms with Crippen molar-refractivity contribution in [3.05, 3.63) is 58.0 Å². The molecule has 0 aliphatic carbocycles. The molecule has 0 fully saturated rings. The highest BCUT2D eigenvalue weighted by Crippen LogP contribution is 2.30. The van der Waals surface area contributed by atoms with Gasteiger partial charge in [-0.2, -0.15) is 0 Å². The number of fused-ring (bicyclic) bond motifs is 1. The fourth-order valence-corrected chi connectivity index (χ4v) is 2.42. The van der Waals surface area contributed by atoms with Crippen molar-refractivity contribution in [2.45, 2.75) is 13.0 Å². The first-order chi connectivity index (χ1) is 11.4. The zero-order valence-electron chi connectivity index (χ0n) is 13.3. The summed E-state index contributed by atoms with van der Waals surface area (Å²) >= 11 is 0. The van der Waals surface area contributed by atoms with Crippen LogP contribution >= 0.6 is 0 Å². The standard InChI is InChI=1S/C17H17N3O4/c1-10(18-17(23)12-5-6-20(2)16(22)8-12)11-3-4-14-13(7-11)19-15(21)9-24-14/h3-8,10H,9H2,1-2H3,(H,18,23)(H,19,21)/t10-/m0/s1. The van der Waals surface area contributed by atoms with Crippen molar-refractivity contribution in [2.24, 2.45) is 7.05 Å². The van der Waals surface area contributed by atoms with Gasteiger partial charge in [0.1, 0.15) is 5.75 Å². The van der Waals surface area contributed by atoms with Crippen LogP contribution in [-0.4, -0.2) is 23.0 Å². The molecule has 1 atom stereocenters. The van der Waals surface area contributed by atoms with Gasteiger partial charge in [-0.25, -0.2) is 0 Å². The quantitative estimate of drug-likeness (QED) is 0.887. The van der Waals surface area contributed by atoms with Crippen LogP contribution in [0, 0.1) is 0 Å². The van der Waals surface area contributed by atoms with E-state index in [2.05, 4.69) is 10.6 Å². The first-order valence-electron chi connectivity index (χ1n) is 7.48. The minimum absolute atomic E-state index is 0.00159. The normalized spacial score (nSPS) is 14.2. The Kier molecular flexibility index (Phi) is 4.07. The van der Waals surface area contributed by atoms with Crippen LogP contribution in [0.15, 0.2) is 41.3 Å². The van der Waals surface area contributed by atoms with Gasteiger partial charge in [0.05, 0.1) is 11.7 Å². The largest absolute Gasteiger partial charge is 0.482 e. The number of carbonyl (C=O) groups excluding carboxylic acids is 2. The summed E-state index contributed by atoms with van der Waals surface area (Å²) in [6.45, 7) is 1.83. The lowest BCUT2D eigenvalue weighted by molar-refractivity contribution is -0.118. The molecule has 24 heavy (non-hydrogen) atoms. The van der Waals surface area contributed by atoms with Gasteiger partial charge in [-0.3, -0.25) is 14.4 Å². The molecule has 1 aliphatic rings. The lowest BCUT2D eigenvalue weighted by Gasteiger charge is -2.21. The smallest absolute Gasteiger partial charge is 0.262 e. The first-order valence-corrected chi connectivity index (χ1v) is 7.48. The van der Waals surface area contributed by atoms with Crippen LogP contribution in [-0.2, 0) is 11.8 Å². The Bertz CT molecular complexity index is 872. The Labute approximate surface area is 138 Å². The molecule has 3 rings (SSSR count). The van der Waals surface area contributed by atoms with Gasteiger partial charge in [-0.1, -0.05) is 6.07 Å². The molecule has 0 bridgehead atoms. The third kappa shape index (κ3) is 3.15. The summed E-state index contributed by atoms with van der Waals surface area (Å²) in [4.78, 5) is 35.3. The highest BCUT2D eigenvalue weighted by molar-refractivity contribution is 5.96. The van der Waals surface area contributed by atoms with Gasteiger partial charge in [-0.15, -0.1) is 0 Å². The predicted octanol–water partition coefficient (Wildman–Crippen LogP) is 1.21. The summed E-state index contributed by atoms with van der Waals surface area (Å²) in [6, 6.07) is 7.93. The number of aryl methyl sites for hydroxylation is 1. The molecule has 7 nitrogen and oxygen atoms in total. The van der Waals surface area contributed by atoms with Crippen LogP contribution in [0.2, 0.25) is 0 Å². The number of hydrogen-bond acceptors (Lipinski definition) is 4. The van der Waals surface area contributed by atoms with Gasteiger partial charge in [-0.05, 0) is 30.7 Å². The van der Waals surface area contributed by atoms with Gasteiger partial charge in [0.25, 0.3) is 17.4 Å². The third-order valence-corrected chi connectivity index (χ3v) is 3.85. The van der Waals surface area contributed by atoms with Crippen molar-refractivity contribution in [1.82, 2.24) is 9.88 Å². The molecule has 2 amide bonds. The number of rotatable bonds is 3. The molecule has 2 aromatic rings. The number of hydrogen-bond donors (Lipinski definition) is 2. The van der Waals surface area contributed by atoms with Crippen LogP contribution in [0.5, 0.6) is 5.75 Å². The number of nitrogens with one attached hydrogen (secondary N) is 2. The highest BCUT2D eigenvalue weighted by Gasteiger charge is 2.18. The molecule has 0 spiro atoms. The lowest BCUT2D eigenvalue weighted by atomic mass is 10.1. The van der Waals surface area contributed by atoms with Gasteiger partial charge < -0.3 is 19.9 Å². The Balaban J connectivity index is 1.77. The van der Waals surface area contributed by atoms with E-state index in [4.69, 9.17) is 4.74 Å². The second kappa shape index (κ2) is 6.19. The maximum absolute atomic E-state index is 12.3. The second-order valence-corrected chi connectivity index (χ2v) is 5.65. The Morgan fingerprint density at radius 2 is 2.08 bits per heavy atom. The number of nitrogens with zero attached hydrogens (tertiary/aromatic N) is 1. The van der Waals surface area contributed by atoms with E-state index in [0.717, 1.165) is 5.56 Å². The molecule has 0 radical (unpaired) electrons. The summed E-state index contributed by atoms with van der Waals surface area (Å²) in [5, 5.41) is 5.57. The summed E-state index contributed by atoms with van der Waals surface area (Å²) in [5.41, 5.74) is 1.46. The molecule has 0 saturated heterocycles. The Morgan fingerprint density at radius 3 is 2.83 bits per heavy atom. The highest BCUT2D eigenvalue weighted by atomic mass is 16.5. The molecule has 2 N–H and O–H groups in total. The fraction of sp³-hybridized carbons (Fsp3) is 0.235. The number of amides is 2. The van der Waals surface area contributed by atoms with Crippen LogP contribution in [0.25, 0.3) is 0 Å². The average molecular weight is 327 g/mol. The number of anilines is 1. The van der Waals surface area contributed by atoms with Crippen molar-refractivity contribution in [3.63, 3.8) is 0 Å². The first kappa shape index (κ1) is 15.8. The number of benzene rings is 1. The monoisotopic (exact) mass is 327 g/mol. The summed E-state index contributed by atoms with van der Waals surface area (Å²) in [5.74, 6) is 0.0538. The van der Waals surface area contributed by atoms with E-state index >= 15 is 0 Å². The Hall–Kier alpha value is -3.09. The van der Waals surface area contributed by atoms with E-state index in [0.29, 0.717) is 17.0 Å². The summed E-state index contributed by atoms with van der Waals surface area (Å²) in [7, 11) is 1.62. The van der Waals surface area contributed by atoms with Crippen molar-refractivity contribution in [2.75, 3.05) is 11.9 Å². The van der Waals surface area contributed by atoms with Crippen molar-refractivity contribution in [1.29, 1.82) is 0 Å².